The van der Waals surface area contributed by atoms with Gasteiger partial charge in [0.05, 0.1) is 25.2 Å². The molecule has 0 spiro atoms. The molecular weight excluding hydrogens is 574 g/mol. The Bertz CT molecular complexity index is 1030. The number of aliphatic hydroxyl groups excluding tert-OH is 1. The first kappa shape index (κ1) is 38.2. The Hall–Kier alpha value is -2.98. The van der Waals surface area contributed by atoms with Crippen LogP contribution in [0.25, 0.3) is 0 Å². The van der Waals surface area contributed by atoms with E-state index in [2.05, 4.69) is 22.9 Å². The van der Waals surface area contributed by atoms with Gasteiger partial charge in [-0.1, -0.05) is 116 Å². The third kappa shape index (κ3) is 13.9. The Labute approximate surface area is 269 Å². The van der Waals surface area contributed by atoms with E-state index in [1.54, 1.807) is 20.8 Å². The first-order valence-corrected chi connectivity index (χ1v) is 17.0. The summed E-state index contributed by atoms with van der Waals surface area (Å²) in [4.78, 5) is 53.6. The van der Waals surface area contributed by atoms with Crippen LogP contribution in [0.5, 0.6) is 0 Å². The van der Waals surface area contributed by atoms with Crippen molar-refractivity contribution in [2.24, 2.45) is 11.8 Å². The lowest BCUT2D eigenvalue weighted by atomic mass is 9.95. The minimum Gasteiger partial charge on any atom is -0.460 e. The second kappa shape index (κ2) is 20.9. The van der Waals surface area contributed by atoms with E-state index in [0.717, 1.165) is 31.2 Å². The lowest BCUT2D eigenvalue weighted by Crippen LogP contribution is -2.60. The van der Waals surface area contributed by atoms with Crippen LogP contribution in [0, 0.1) is 11.8 Å². The second-order valence-electron chi connectivity index (χ2n) is 12.8. The molecule has 1 saturated heterocycles. The summed E-state index contributed by atoms with van der Waals surface area (Å²) in [5, 5.41) is 18.4. The van der Waals surface area contributed by atoms with Gasteiger partial charge in [-0.2, -0.15) is 0 Å². The Morgan fingerprint density at radius 1 is 0.778 bits per heavy atom. The summed E-state index contributed by atoms with van der Waals surface area (Å²) in [6.07, 6.45) is 9.92. The molecule has 2 rings (SSSR count). The maximum Gasteiger partial charge on any atom is 0.331 e. The van der Waals surface area contributed by atoms with E-state index in [-0.39, 0.29) is 19.1 Å². The Kier molecular flexibility index (Phi) is 17.8. The van der Waals surface area contributed by atoms with Gasteiger partial charge >= 0.3 is 5.97 Å². The van der Waals surface area contributed by atoms with Crippen molar-refractivity contribution in [3.05, 3.63) is 35.9 Å². The van der Waals surface area contributed by atoms with Gasteiger partial charge in [0, 0.05) is 0 Å². The minimum atomic E-state index is -1.36. The zero-order valence-electron chi connectivity index (χ0n) is 28.0. The number of nitrogens with one attached hydrogen (secondary N) is 3. The Morgan fingerprint density at radius 3 is 1.91 bits per heavy atom. The summed E-state index contributed by atoms with van der Waals surface area (Å²) in [5.74, 6) is -3.54. The van der Waals surface area contributed by atoms with Crippen LogP contribution >= 0.6 is 0 Å². The average Bonchev–Trinajstić information content (AvgIpc) is 3.01. The molecule has 254 valence electrons. The molecule has 0 radical (unpaired) electrons. The molecule has 1 unspecified atom stereocenters. The highest BCUT2D eigenvalue weighted by Gasteiger charge is 2.37. The fraction of sp³-hybridized carbons (Fsp3) is 0.714. The lowest BCUT2D eigenvalue weighted by Gasteiger charge is -2.28. The zero-order chi connectivity index (χ0) is 33.2. The third-order valence-electron chi connectivity index (χ3n) is 8.39. The molecule has 6 atom stereocenters. The summed E-state index contributed by atoms with van der Waals surface area (Å²) < 4.78 is 11.7. The molecule has 0 bridgehead atoms. The van der Waals surface area contributed by atoms with Crippen molar-refractivity contribution in [2.45, 2.75) is 142 Å². The fourth-order valence-electron chi connectivity index (χ4n) is 5.41. The van der Waals surface area contributed by atoms with Crippen LogP contribution < -0.4 is 16.0 Å². The normalized spacial score (nSPS) is 24.0. The number of benzene rings is 1. The summed E-state index contributed by atoms with van der Waals surface area (Å²) in [6, 6.07) is 5.87. The number of hydrogen-bond donors (Lipinski definition) is 4. The maximum atomic E-state index is 13.6. The first-order valence-electron chi connectivity index (χ1n) is 17.0. The number of hydrogen-bond acceptors (Lipinski definition) is 7. The highest BCUT2D eigenvalue weighted by atomic mass is 16.5. The van der Waals surface area contributed by atoms with E-state index >= 15 is 0 Å². The molecule has 1 heterocycles. The number of ether oxygens (including phenoxy) is 2. The molecular formula is C35H57N3O7. The number of esters is 1. The largest absolute Gasteiger partial charge is 0.460 e. The van der Waals surface area contributed by atoms with Crippen molar-refractivity contribution in [1.29, 1.82) is 0 Å². The summed E-state index contributed by atoms with van der Waals surface area (Å²) in [5.41, 5.74) is 0.889. The van der Waals surface area contributed by atoms with Crippen molar-refractivity contribution < 1.29 is 33.8 Å². The quantitative estimate of drug-likeness (QED) is 0.146. The number of unbranched alkanes of at least 4 members (excludes halogenated alkanes) is 9. The number of aliphatic hydroxyl groups is 1. The number of amides is 3. The van der Waals surface area contributed by atoms with Crippen LogP contribution in [-0.4, -0.2) is 65.7 Å². The monoisotopic (exact) mass is 631 g/mol. The van der Waals surface area contributed by atoms with Crippen LogP contribution in [0.1, 0.15) is 111 Å². The van der Waals surface area contributed by atoms with Crippen LogP contribution in [0.3, 0.4) is 0 Å². The molecule has 0 aliphatic carbocycles. The molecule has 1 aromatic carbocycles. The Balaban J connectivity index is 2.19. The summed E-state index contributed by atoms with van der Waals surface area (Å²) in [6.45, 7) is 8.85. The predicted molar refractivity (Wildman–Crippen MR) is 174 cm³/mol. The van der Waals surface area contributed by atoms with Crippen molar-refractivity contribution in [1.82, 2.24) is 16.0 Å². The van der Waals surface area contributed by atoms with Gasteiger partial charge in [0.15, 0.2) is 6.04 Å². The fourth-order valence-corrected chi connectivity index (χ4v) is 5.41. The third-order valence-corrected chi connectivity index (χ3v) is 8.39. The molecule has 10 heteroatoms. The molecule has 1 aliphatic heterocycles. The van der Waals surface area contributed by atoms with Gasteiger partial charge in [0.1, 0.15) is 18.2 Å². The molecule has 1 aliphatic rings. The summed E-state index contributed by atoms with van der Waals surface area (Å²) >= 11 is 0. The number of carbonyl (C=O) groups is 4. The maximum absolute atomic E-state index is 13.6. The van der Waals surface area contributed by atoms with Gasteiger partial charge in [0.25, 0.3) is 0 Å². The average molecular weight is 632 g/mol. The molecule has 0 aromatic heterocycles. The number of rotatable bonds is 17. The number of cyclic esters (lactones) is 1. The van der Waals surface area contributed by atoms with Crippen LogP contribution in [0.2, 0.25) is 0 Å². The van der Waals surface area contributed by atoms with E-state index < -0.39 is 59.9 Å². The van der Waals surface area contributed by atoms with Crippen molar-refractivity contribution in [2.75, 3.05) is 6.61 Å². The van der Waals surface area contributed by atoms with E-state index in [4.69, 9.17) is 9.47 Å². The molecule has 4 N–H and O–H groups in total. The topological polar surface area (TPSA) is 143 Å². The zero-order valence-corrected chi connectivity index (χ0v) is 28.0. The van der Waals surface area contributed by atoms with E-state index in [1.165, 1.54) is 45.4 Å². The van der Waals surface area contributed by atoms with E-state index in [9.17, 15) is 24.3 Å². The molecule has 0 saturated carbocycles. The highest BCUT2D eigenvalue weighted by molar-refractivity contribution is 5.94. The standard InChI is InChI=1S/C35H57N3O7/c1-6-7-8-9-10-11-12-13-14-18-21-29-25(4)32(40)37-30(24(2)3)33(41)38-31(26(5)39)34(42)36-28(35(43)45-29)23-44-22-27-19-16-15-17-20-27/h15-17,19-20,24-26,28-31,39H,6-14,18,21-23H2,1-5H3,(H,36,42)(H,37,40)(H,38,41)/t25-,26?,28+,29-,30+,31+/m1/s1. The van der Waals surface area contributed by atoms with Crippen molar-refractivity contribution >= 4 is 23.7 Å². The van der Waals surface area contributed by atoms with Crippen LogP contribution in [0.15, 0.2) is 30.3 Å². The van der Waals surface area contributed by atoms with Gasteiger partial charge < -0.3 is 30.5 Å². The lowest BCUT2D eigenvalue weighted by molar-refractivity contribution is -0.159. The van der Waals surface area contributed by atoms with Crippen molar-refractivity contribution in [3.63, 3.8) is 0 Å². The molecule has 10 nitrogen and oxygen atoms in total. The highest BCUT2D eigenvalue weighted by Crippen LogP contribution is 2.20. The second-order valence-corrected chi connectivity index (χ2v) is 12.8. The molecule has 1 fully saturated rings. The van der Waals surface area contributed by atoms with Crippen LogP contribution in [-0.2, 0) is 35.3 Å². The van der Waals surface area contributed by atoms with Gasteiger partial charge in [-0.15, -0.1) is 0 Å². The predicted octanol–water partition coefficient (Wildman–Crippen LogP) is 4.57. The summed E-state index contributed by atoms with van der Waals surface area (Å²) in [7, 11) is 0. The van der Waals surface area contributed by atoms with Gasteiger partial charge in [0.2, 0.25) is 17.7 Å². The van der Waals surface area contributed by atoms with Gasteiger partial charge in [-0.05, 0) is 31.2 Å². The van der Waals surface area contributed by atoms with Crippen molar-refractivity contribution in [3.8, 4) is 0 Å². The minimum absolute atomic E-state index is 0.194. The SMILES string of the molecule is CCCCCCCCCCCC[C@H]1OC(=O)[C@H](COCc2ccccc2)NC(=O)[C@H](C(C)O)NC(=O)[C@H](C(C)C)NC(=O)[C@@H]1C. The van der Waals surface area contributed by atoms with Gasteiger partial charge in [-0.3, -0.25) is 14.4 Å². The van der Waals surface area contributed by atoms with Gasteiger partial charge in [-0.25, -0.2) is 4.79 Å². The van der Waals surface area contributed by atoms with E-state index in [1.807, 2.05) is 30.3 Å². The number of carbonyl (C=O) groups excluding carboxylic acids is 4. The van der Waals surface area contributed by atoms with Crippen LogP contribution in [0.4, 0.5) is 0 Å². The Morgan fingerprint density at radius 2 is 1.33 bits per heavy atom. The molecule has 45 heavy (non-hydrogen) atoms. The van der Waals surface area contributed by atoms with E-state index in [0.29, 0.717) is 6.42 Å². The molecule has 1 aromatic rings. The smallest absolute Gasteiger partial charge is 0.331 e. The first-order chi connectivity index (χ1) is 21.5. The molecule has 3 amide bonds.